The zero-order chi connectivity index (χ0) is 11.8. The molecule has 1 aliphatic rings. The number of H-pyrrole nitrogens is 1. The maximum atomic E-state index is 4.35. The van der Waals surface area contributed by atoms with Crippen LogP contribution in [0.1, 0.15) is 5.56 Å². The monoisotopic (exact) mass is 292 g/mol. The second-order valence-corrected chi connectivity index (χ2v) is 4.95. The number of halogens is 1. The van der Waals surface area contributed by atoms with Crippen molar-refractivity contribution in [3.8, 4) is 0 Å². The van der Waals surface area contributed by atoms with Gasteiger partial charge >= 0.3 is 0 Å². The number of nitrogens with zero attached hydrogens (tertiary/aromatic N) is 1. The van der Waals surface area contributed by atoms with Crippen LogP contribution >= 0.6 is 15.9 Å². The minimum absolute atomic E-state index is 0.835. The maximum absolute atomic E-state index is 4.35. The van der Waals surface area contributed by atoms with E-state index in [2.05, 4.69) is 55.6 Å². The van der Waals surface area contributed by atoms with Crippen molar-refractivity contribution in [3.05, 3.63) is 28.4 Å². The Kier molecular flexibility index (Phi) is 2.55. The summed E-state index contributed by atoms with van der Waals surface area (Å²) in [5.74, 6) is 0.844. The number of nitrogens with one attached hydrogen (secondary N) is 3. The van der Waals surface area contributed by atoms with Gasteiger partial charge in [-0.25, -0.2) is 0 Å². The number of aromatic amines is 1. The second-order valence-electron chi connectivity index (χ2n) is 4.10. The number of fused-ring (bicyclic) bond motifs is 1. The van der Waals surface area contributed by atoms with Crippen LogP contribution in [0.3, 0.4) is 0 Å². The molecule has 1 aromatic carbocycles. The number of benzene rings is 1. The summed E-state index contributed by atoms with van der Waals surface area (Å²) in [6.07, 6.45) is 1.96. The van der Waals surface area contributed by atoms with Gasteiger partial charge in [-0.05, 0) is 40.5 Å². The number of anilines is 1. The molecule has 2 heterocycles. The predicted octanol–water partition coefficient (Wildman–Crippen LogP) is 2.61. The quantitative estimate of drug-likeness (QED) is 0.757. The summed E-state index contributed by atoms with van der Waals surface area (Å²) >= 11 is 3.60. The Hall–Kier alpha value is -1.49. The first kappa shape index (κ1) is 10.7. The second kappa shape index (κ2) is 4.07. The minimum Gasteiger partial charge on any atom is -0.361 e. The highest BCUT2D eigenvalue weighted by Gasteiger charge is 2.12. The van der Waals surface area contributed by atoms with Crippen molar-refractivity contribution in [1.29, 1.82) is 0 Å². The molecule has 0 saturated heterocycles. The number of aromatic nitrogens is 1. The molecule has 3 N–H and O–H groups in total. The van der Waals surface area contributed by atoms with E-state index in [4.69, 9.17) is 0 Å². The van der Waals surface area contributed by atoms with Gasteiger partial charge in [0.05, 0.1) is 17.7 Å². The molecule has 0 bridgehead atoms. The van der Waals surface area contributed by atoms with Gasteiger partial charge in [0.2, 0.25) is 0 Å². The summed E-state index contributed by atoms with van der Waals surface area (Å²) < 4.78 is 1.05. The van der Waals surface area contributed by atoms with Crippen molar-refractivity contribution in [2.45, 2.75) is 6.92 Å². The molecule has 0 unspecified atom stereocenters. The molecule has 0 fully saturated rings. The van der Waals surface area contributed by atoms with E-state index in [1.165, 1.54) is 10.9 Å². The zero-order valence-electron chi connectivity index (χ0n) is 9.47. The van der Waals surface area contributed by atoms with Crippen LogP contribution < -0.4 is 10.6 Å². The number of hydrogen-bond acceptors (Lipinski definition) is 3. The Morgan fingerprint density at radius 2 is 2.35 bits per heavy atom. The Morgan fingerprint density at radius 1 is 1.47 bits per heavy atom. The number of rotatable bonds is 1. The largest absolute Gasteiger partial charge is 0.361 e. The van der Waals surface area contributed by atoms with Gasteiger partial charge in [0.15, 0.2) is 5.96 Å². The van der Waals surface area contributed by atoms with Crippen molar-refractivity contribution in [3.63, 3.8) is 0 Å². The third-order valence-corrected chi connectivity index (χ3v) is 3.54. The van der Waals surface area contributed by atoms with E-state index in [1.54, 1.807) is 0 Å². The van der Waals surface area contributed by atoms with Gasteiger partial charge < -0.3 is 15.6 Å². The van der Waals surface area contributed by atoms with Crippen molar-refractivity contribution < 1.29 is 0 Å². The van der Waals surface area contributed by atoms with E-state index in [0.717, 1.165) is 34.7 Å². The summed E-state index contributed by atoms with van der Waals surface area (Å²) in [6, 6.07) is 4.18. The molecular weight excluding hydrogens is 280 g/mol. The Balaban J connectivity index is 2.11. The average molecular weight is 293 g/mol. The SMILES string of the molecule is Cc1cc(Br)c(NC2=NCCN2)c2cc[nH]c12. The lowest BCUT2D eigenvalue weighted by molar-refractivity contribution is 0.959. The maximum Gasteiger partial charge on any atom is 0.195 e. The summed E-state index contributed by atoms with van der Waals surface area (Å²) in [6.45, 7) is 3.84. The fourth-order valence-electron chi connectivity index (χ4n) is 2.09. The highest BCUT2D eigenvalue weighted by atomic mass is 79.9. The lowest BCUT2D eigenvalue weighted by Crippen LogP contribution is -2.26. The van der Waals surface area contributed by atoms with Crippen LogP contribution in [-0.4, -0.2) is 24.0 Å². The standard InChI is InChI=1S/C12H13BrN4/c1-7-6-9(13)11(8-2-3-14-10(7)8)17-12-15-4-5-16-12/h2-3,6,14H,4-5H2,1H3,(H2,15,16,17). The van der Waals surface area contributed by atoms with Gasteiger partial charge in [-0.15, -0.1) is 0 Å². The van der Waals surface area contributed by atoms with Crippen LogP contribution in [0.25, 0.3) is 10.9 Å². The van der Waals surface area contributed by atoms with Crippen LogP contribution in [0.4, 0.5) is 5.69 Å². The number of guanidine groups is 1. The van der Waals surface area contributed by atoms with Crippen molar-refractivity contribution in [2.75, 3.05) is 18.4 Å². The normalized spacial score (nSPS) is 14.8. The summed E-state index contributed by atoms with van der Waals surface area (Å²) in [4.78, 5) is 7.61. The lowest BCUT2D eigenvalue weighted by atomic mass is 10.1. The molecule has 88 valence electrons. The molecule has 0 spiro atoms. The van der Waals surface area contributed by atoms with Crippen molar-refractivity contribution in [2.24, 2.45) is 4.99 Å². The first-order valence-electron chi connectivity index (χ1n) is 5.57. The van der Waals surface area contributed by atoms with Crippen LogP contribution in [0.2, 0.25) is 0 Å². The molecule has 0 atom stereocenters. The molecular formula is C12H13BrN4. The van der Waals surface area contributed by atoms with Crippen molar-refractivity contribution >= 4 is 38.5 Å². The molecule has 0 aliphatic carbocycles. The summed E-state index contributed by atoms with van der Waals surface area (Å²) in [5.41, 5.74) is 3.44. The van der Waals surface area contributed by atoms with Gasteiger partial charge in [-0.2, -0.15) is 0 Å². The molecule has 5 heteroatoms. The van der Waals surface area contributed by atoms with Gasteiger partial charge in [0, 0.05) is 22.6 Å². The fraction of sp³-hybridized carbons (Fsp3) is 0.250. The first-order chi connectivity index (χ1) is 8.25. The third kappa shape index (κ3) is 1.80. The van der Waals surface area contributed by atoms with E-state index in [-0.39, 0.29) is 0 Å². The van der Waals surface area contributed by atoms with Crippen LogP contribution in [0, 0.1) is 6.92 Å². The molecule has 4 nitrogen and oxygen atoms in total. The number of aryl methyl sites for hydroxylation is 1. The molecule has 0 radical (unpaired) electrons. The van der Waals surface area contributed by atoms with Crippen molar-refractivity contribution in [1.82, 2.24) is 10.3 Å². The fourth-order valence-corrected chi connectivity index (χ4v) is 2.75. The van der Waals surface area contributed by atoms with E-state index < -0.39 is 0 Å². The molecule has 3 rings (SSSR count). The Bertz CT molecular complexity index is 600. The highest BCUT2D eigenvalue weighted by Crippen LogP contribution is 2.33. The van der Waals surface area contributed by atoms with Gasteiger partial charge in [-0.3, -0.25) is 4.99 Å². The third-order valence-electron chi connectivity index (χ3n) is 2.91. The van der Waals surface area contributed by atoms with E-state index in [0.29, 0.717) is 0 Å². The smallest absolute Gasteiger partial charge is 0.195 e. The molecule has 0 amide bonds. The predicted molar refractivity (Wildman–Crippen MR) is 74.7 cm³/mol. The molecule has 17 heavy (non-hydrogen) atoms. The van der Waals surface area contributed by atoms with Gasteiger partial charge in [0.1, 0.15) is 0 Å². The first-order valence-corrected chi connectivity index (χ1v) is 6.36. The van der Waals surface area contributed by atoms with Crippen LogP contribution in [0.15, 0.2) is 27.8 Å². The van der Waals surface area contributed by atoms with E-state index >= 15 is 0 Å². The topological polar surface area (TPSA) is 52.2 Å². The minimum atomic E-state index is 0.835. The summed E-state index contributed by atoms with van der Waals surface area (Å²) in [5, 5.41) is 7.72. The van der Waals surface area contributed by atoms with Gasteiger partial charge in [-0.1, -0.05) is 0 Å². The molecule has 1 aromatic heterocycles. The molecule has 2 aromatic rings. The average Bonchev–Trinajstić information content (AvgIpc) is 2.95. The Labute approximate surface area is 108 Å². The molecule has 1 aliphatic heterocycles. The highest BCUT2D eigenvalue weighted by molar-refractivity contribution is 9.10. The van der Waals surface area contributed by atoms with E-state index in [9.17, 15) is 0 Å². The zero-order valence-corrected chi connectivity index (χ0v) is 11.1. The van der Waals surface area contributed by atoms with Crippen LogP contribution in [-0.2, 0) is 0 Å². The number of hydrogen-bond donors (Lipinski definition) is 3. The van der Waals surface area contributed by atoms with Crippen LogP contribution in [0.5, 0.6) is 0 Å². The van der Waals surface area contributed by atoms with Gasteiger partial charge in [0.25, 0.3) is 0 Å². The Morgan fingerprint density at radius 3 is 3.12 bits per heavy atom. The molecule has 0 saturated carbocycles. The lowest BCUT2D eigenvalue weighted by Gasteiger charge is -2.11. The number of aliphatic imine (C=N–C) groups is 1. The van der Waals surface area contributed by atoms with E-state index in [1.807, 2.05) is 6.20 Å². The summed E-state index contributed by atoms with van der Waals surface area (Å²) in [7, 11) is 0.